The fourth-order valence-electron chi connectivity index (χ4n) is 2.45. The molecule has 4 nitrogen and oxygen atoms in total. The van der Waals surface area contributed by atoms with Crippen LogP contribution in [0.1, 0.15) is 28.4 Å². The van der Waals surface area contributed by atoms with Crippen LogP contribution in [0.4, 0.5) is 0 Å². The fraction of sp³-hybridized carbons (Fsp3) is 0.238. The number of ketones is 1. The molecule has 0 saturated heterocycles. The molecule has 4 heteroatoms. The van der Waals surface area contributed by atoms with Gasteiger partial charge in [-0.15, -0.1) is 0 Å². The second-order valence-electron chi connectivity index (χ2n) is 6.26. The Morgan fingerprint density at radius 3 is 2.12 bits per heavy atom. The minimum absolute atomic E-state index is 0.0133. The van der Waals surface area contributed by atoms with Crippen LogP contribution >= 0.6 is 0 Å². The molecule has 0 aromatic heterocycles. The number of carbonyl (C=O) groups excluding carboxylic acids is 2. The molecule has 0 spiro atoms. The van der Waals surface area contributed by atoms with Gasteiger partial charge in [-0.05, 0) is 26.6 Å². The third kappa shape index (κ3) is 4.64. The zero-order valence-electron chi connectivity index (χ0n) is 14.9. The quantitative estimate of drug-likeness (QED) is 0.336. The zero-order chi connectivity index (χ0) is 18.4. The number of likely N-dealkylation sites (N-methyl/N-ethyl adjacent to an activating group) is 1. The first kappa shape index (κ1) is 18.6. The van der Waals surface area contributed by atoms with E-state index in [1.165, 1.54) is 0 Å². The van der Waals surface area contributed by atoms with Gasteiger partial charge in [0.2, 0.25) is 0 Å². The first-order valence-electron chi connectivity index (χ1n) is 8.07. The van der Waals surface area contributed by atoms with Crippen molar-refractivity contribution in [1.82, 2.24) is 4.90 Å². The lowest BCUT2D eigenvalue weighted by Crippen LogP contribution is -2.47. The summed E-state index contributed by atoms with van der Waals surface area (Å²) in [5.74, 6) is -0.479. The zero-order valence-corrected chi connectivity index (χ0v) is 14.9. The molecule has 2 rings (SSSR count). The largest absolute Gasteiger partial charge is 0.440 e. The Labute approximate surface area is 148 Å². The Bertz CT molecular complexity index is 750. The van der Waals surface area contributed by atoms with E-state index in [0.717, 1.165) is 11.6 Å². The summed E-state index contributed by atoms with van der Waals surface area (Å²) in [5.41, 5.74) is 1.46. The summed E-state index contributed by atoms with van der Waals surface area (Å²) < 4.78 is 5.50. The third-order valence-electron chi connectivity index (χ3n) is 4.22. The van der Waals surface area contributed by atoms with Crippen LogP contribution in [0.15, 0.2) is 67.3 Å². The maximum absolute atomic E-state index is 12.4. The Kier molecular flexibility index (Phi) is 5.88. The van der Waals surface area contributed by atoms with Crippen LogP contribution in [0.2, 0.25) is 0 Å². The first-order valence-corrected chi connectivity index (χ1v) is 8.07. The van der Waals surface area contributed by atoms with Crippen LogP contribution in [0, 0.1) is 0 Å². The number of hydrogen-bond acceptors (Lipinski definition) is 4. The number of carbonyl (C=O) groups is 2. The minimum atomic E-state index is -0.795. The van der Waals surface area contributed by atoms with Crippen molar-refractivity contribution >= 4 is 11.8 Å². The molecule has 0 heterocycles. The smallest absolute Gasteiger partial charge is 0.331 e. The molecule has 0 N–H and O–H groups in total. The number of ether oxygens (including phenoxy) is 1. The van der Waals surface area contributed by atoms with Crippen molar-refractivity contribution in [2.45, 2.75) is 19.1 Å². The van der Waals surface area contributed by atoms with Crippen LogP contribution in [0.3, 0.4) is 0 Å². The van der Waals surface area contributed by atoms with Crippen molar-refractivity contribution < 1.29 is 14.3 Å². The van der Waals surface area contributed by atoms with Crippen molar-refractivity contribution in [1.29, 1.82) is 0 Å². The van der Waals surface area contributed by atoms with E-state index >= 15 is 0 Å². The highest BCUT2D eigenvalue weighted by Crippen LogP contribution is 2.21. The Morgan fingerprint density at radius 2 is 1.60 bits per heavy atom. The summed E-state index contributed by atoms with van der Waals surface area (Å²) in [5, 5.41) is 0. The molecular formula is C21H23NO3. The number of benzene rings is 2. The van der Waals surface area contributed by atoms with Gasteiger partial charge in [-0.3, -0.25) is 9.69 Å². The predicted octanol–water partition coefficient (Wildman–Crippen LogP) is 3.47. The molecule has 0 saturated carbocycles. The number of esters is 1. The summed E-state index contributed by atoms with van der Waals surface area (Å²) in [6.07, 6.45) is 1.66. The third-order valence-corrected chi connectivity index (χ3v) is 4.22. The van der Waals surface area contributed by atoms with Gasteiger partial charge in [0.1, 0.15) is 0 Å². The summed E-state index contributed by atoms with van der Waals surface area (Å²) in [7, 11) is 3.70. The fourth-order valence-corrected chi connectivity index (χ4v) is 2.45. The standard InChI is InChI=1S/C21H23NO3/c1-5-19(23)25-21(2,22(3)4)15-16-11-13-18(14-12-16)20(24)17-9-7-6-8-10-17/h5-14H,1,15H2,2-4H3. The van der Waals surface area contributed by atoms with Crippen molar-refractivity contribution in [3.8, 4) is 0 Å². The lowest BCUT2D eigenvalue weighted by atomic mass is 9.98. The maximum atomic E-state index is 12.4. The topological polar surface area (TPSA) is 46.6 Å². The van der Waals surface area contributed by atoms with Crippen molar-refractivity contribution in [2.24, 2.45) is 0 Å². The molecule has 130 valence electrons. The molecule has 0 bridgehead atoms. The van der Waals surface area contributed by atoms with E-state index in [0.29, 0.717) is 17.5 Å². The minimum Gasteiger partial charge on any atom is -0.440 e. The lowest BCUT2D eigenvalue weighted by molar-refractivity contribution is -0.169. The normalized spacial score (nSPS) is 13.1. The van der Waals surface area contributed by atoms with Gasteiger partial charge in [0.15, 0.2) is 11.5 Å². The van der Waals surface area contributed by atoms with E-state index in [1.54, 1.807) is 24.3 Å². The van der Waals surface area contributed by atoms with Gasteiger partial charge in [0.25, 0.3) is 0 Å². The van der Waals surface area contributed by atoms with Gasteiger partial charge in [-0.1, -0.05) is 61.2 Å². The molecular weight excluding hydrogens is 314 g/mol. The Hall–Kier alpha value is -2.72. The molecule has 0 aliphatic heterocycles. The number of rotatable bonds is 7. The lowest BCUT2D eigenvalue weighted by Gasteiger charge is -2.35. The molecule has 0 aliphatic rings. The van der Waals surface area contributed by atoms with Crippen molar-refractivity contribution in [3.63, 3.8) is 0 Å². The van der Waals surface area contributed by atoms with Crippen LogP contribution in [-0.2, 0) is 16.0 Å². The van der Waals surface area contributed by atoms with Gasteiger partial charge in [0, 0.05) is 23.6 Å². The molecule has 1 atom stereocenters. The average Bonchev–Trinajstić information content (AvgIpc) is 2.62. The molecule has 2 aromatic carbocycles. The van der Waals surface area contributed by atoms with E-state index in [2.05, 4.69) is 6.58 Å². The predicted molar refractivity (Wildman–Crippen MR) is 98.4 cm³/mol. The van der Waals surface area contributed by atoms with Crippen molar-refractivity contribution in [2.75, 3.05) is 14.1 Å². The van der Waals surface area contributed by atoms with E-state index in [9.17, 15) is 9.59 Å². The van der Waals surface area contributed by atoms with E-state index in [1.807, 2.05) is 56.3 Å². The van der Waals surface area contributed by atoms with Crippen LogP contribution in [-0.4, -0.2) is 36.5 Å². The highest BCUT2D eigenvalue weighted by atomic mass is 16.6. The maximum Gasteiger partial charge on any atom is 0.331 e. The summed E-state index contributed by atoms with van der Waals surface area (Å²) in [6.45, 7) is 5.29. The molecule has 0 radical (unpaired) electrons. The van der Waals surface area contributed by atoms with E-state index in [4.69, 9.17) is 4.74 Å². The molecule has 1 unspecified atom stereocenters. The highest BCUT2D eigenvalue weighted by molar-refractivity contribution is 6.08. The van der Waals surface area contributed by atoms with Gasteiger partial charge in [-0.25, -0.2) is 4.79 Å². The summed E-state index contributed by atoms with van der Waals surface area (Å²) in [4.78, 5) is 25.9. The number of hydrogen-bond donors (Lipinski definition) is 0. The second-order valence-corrected chi connectivity index (χ2v) is 6.26. The van der Waals surface area contributed by atoms with Gasteiger partial charge in [0.05, 0.1) is 0 Å². The highest BCUT2D eigenvalue weighted by Gasteiger charge is 2.31. The van der Waals surface area contributed by atoms with Gasteiger partial charge < -0.3 is 4.74 Å². The van der Waals surface area contributed by atoms with Gasteiger partial charge in [-0.2, -0.15) is 0 Å². The van der Waals surface area contributed by atoms with Crippen LogP contribution < -0.4 is 0 Å². The molecule has 0 fully saturated rings. The molecule has 0 aliphatic carbocycles. The Balaban J connectivity index is 2.17. The van der Waals surface area contributed by atoms with Crippen LogP contribution in [0.5, 0.6) is 0 Å². The molecule has 2 aromatic rings. The van der Waals surface area contributed by atoms with E-state index in [-0.39, 0.29) is 5.78 Å². The SMILES string of the molecule is C=CC(=O)OC(C)(Cc1ccc(C(=O)c2ccccc2)cc1)N(C)C. The molecule has 25 heavy (non-hydrogen) atoms. The van der Waals surface area contributed by atoms with E-state index < -0.39 is 11.7 Å². The summed E-state index contributed by atoms with van der Waals surface area (Å²) in [6, 6.07) is 16.6. The average molecular weight is 337 g/mol. The first-order chi connectivity index (χ1) is 11.9. The van der Waals surface area contributed by atoms with Crippen molar-refractivity contribution in [3.05, 3.63) is 83.9 Å². The number of nitrogens with zero attached hydrogens (tertiary/aromatic N) is 1. The second kappa shape index (κ2) is 7.90. The van der Waals surface area contributed by atoms with Crippen LogP contribution in [0.25, 0.3) is 0 Å². The van der Waals surface area contributed by atoms with Gasteiger partial charge >= 0.3 is 5.97 Å². The Morgan fingerprint density at radius 1 is 1.04 bits per heavy atom. The monoisotopic (exact) mass is 337 g/mol. The molecule has 0 amide bonds. The summed E-state index contributed by atoms with van der Waals surface area (Å²) >= 11 is 0.